The number of amides is 4. The Morgan fingerprint density at radius 3 is 2.36 bits per heavy atom. The number of carbonyl (C=O) groups excluding carboxylic acids is 4. The number of fused-ring (bicyclic) bond motifs is 3. The number of nitrogens with one attached hydrogen (secondary N) is 3. The zero-order valence-corrected chi connectivity index (χ0v) is 33.9. The maximum atomic E-state index is 14.7. The molecule has 14 nitrogen and oxygen atoms in total. The van der Waals surface area contributed by atoms with E-state index in [0.29, 0.717) is 62.5 Å². The lowest BCUT2D eigenvalue weighted by Gasteiger charge is -2.34. The lowest BCUT2D eigenvalue weighted by Crippen LogP contribution is -2.60. The highest BCUT2D eigenvalue weighted by Crippen LogP contribution is 2.49. The number of alkyl carbamates (subject to hydrolysis) is 1. The van der Waals surface area contributed by atoms with Crippen molar-refractivity contribution in [3.05, 3.63) is 30.5 Å². The van der Waals surface area contributed by atoms with Gasteiger partial charge in [0.25, 0.3) is 5.91 Å². The van der Waals surface area contributed by atoms with Gasteiger partial charge in [0.1, 0.15) is 40.9 Å². The van der Waals surface area contributed by atoms with Crippen LogP contribution in [-0.4, -0.2) is 103 Å². The molecule has 6 rings (SSSR count). The molecular formula is C39H51F4N5O9S. The van der Waals surface area contributed by atoms with Crippen LogP contribution in [0.25, 0.3) is 10.8 Å². The fraction of sp³-hybridized carbons (Fsp3) is 0.667. The molecule has 320 valence electrons. The second-order valence-corrected chi connectivity index (χ2v) is 19.0. The van der Waals surface area contributed by atoms with Crippen molar-refractivity contribution in [3.63, 3.8) is 0 Å². The Morgan fingerprint density at radius 2 is 1.72 bits per heavy atom. The molecule has 4 aliphatic rings. The fourth-order valence-corrected chi connectivity index (χ4v) is 9.60. The summed E-state index contributed by atoms with van der Waals surface area (Å²) in [7, 11) is -2.95. The van der Waals surface area contributed by atoms with Gasteiger partial charge < -0.3 is 29.7 Å². The van der Waals surface area contributed by atoms with Gasteiger partial charge in [0.15, 0.2) is 0 Å². The number of pyridine rings is 1. The summed E-state index contributed by atoms with van der Waals surface area (Å²) < 4.78 is 98.3. The van der Waals surface area contributed by atoms with Crippen molar-refractivity contribution < 1.29 is 59.4 Å². The van der Waals surface area contributed by atoms with E-state index in [1.165, 1.54) is 13.3 Å². The maximum Gasteiger partial charge on any atom is 0.427 e. The molecule has 1 aromatic heterocycles. The first-order valence-electron chi connectivity index (χ1n) is 19.6. The van der Waals surface area contributed by atoms with Gasteiger partial charge in [-0.05, 0) is 69.8 Å². The molecule has 2 aliphatic carbocycles. The molecule has 0 radical (unpaired) electrons. The zero-order chi connectivity index (χ0) is 42.4. The Kier molecular flexibility index (Phi) is 11.9. The van der Waals surface area contributed by atoms with Crippen LogP contribution in [0.5, 0.6) is 11.6 Å². The summed E-state index contributed by atoms with van der Waals surface area (Å²) in [5, 5.41) is 6.38. The number of sulfonamides is 1. The van der Waals surface area contributed by atoms with Crippen LogP contribution in [0.3, 0.4) is 0 Å². The van der Waals surface area contributed by atoms with Crippen LogP contribution in [0.4, 0.5) is 22.4 Å². The number of methoxy groups -OCH3 is 1. The first-order valence-corrected chi connectivity index (χ1v) is 21.1. The largest absolute Gasteiger partial charge is 0.494 e. The molecule has 19 heteroatoms. The highest BCUT2D eigenvalue weighted by molar-refractivity contribution is 7.91. The van der Waals surface area contributed by atoms with E-state index in [1.54, 1.807) is 31.2 Å². The lowest BCUT2D eigenvalue weighted by atomic mass is 9.87. The van der Waals surface area contributed by atoms with E-state index in [9.17, 15) is 45.2 Å². The third-order valence-corrected chi connectivity index (χ3v) is 14.3. The van der Waals surface area contributed by atoms with E-state index in [2.05, 4.69) is 15.6 Å². The van der Waals surface area contributed by atoms with Gasteiger partial charge >= 0.3 is 12.3 Å². The van der Waals surface area contributed by atoms with Crippen LogP contribution in [-0.2, 0) is 29.1 Å². The molecule has 4 fully saturated rings. The van der Waals surface area contributed by atoms with E-state index in [1.807, 2.05) is 11.6 Å². The summed E-state index contributed by atoms with van der Waals surface area (Å²) in [6, 6.07) is 4.30. The molecule has 0 unspecified atom stereocenters. The van der Waals surface area contributed by atoms with Crippen molar-refractivity contribution in [2.24, 2.45) is 17.8 Å². The van der Waals surface area contributed by atoms with Crippen molar-refractivity contribution in [1.82, 2.24) is 25.2 Å². The summed E-state index contributed by atoms with van der Waals surface area (Å²) in [5.74, 6) is -3.11. The Bertz CT molecular complexity index is 2030. The molecule has 2 aliphatic heterocycles. The molecular weight excluding hydrogens is 791 g/mol. The van der Waals surface area contributed by atoms with Gasteiger partial charge in [-0.15, -0.1) is 0 Å². The van der Waals surface area contributed by atoms with Crippen LogP contribution in [0.1, 0.15) is 85.5 Å². The van der Waals surface area contributed by atoms with Crippen LogP contribution in [0.15, 0.2) is 30.5 Å². The minimum Gasteiger partial charge on any atom is -0.494 e. The van der Waals surface area contributed by atoms with Crippen LogP contribution in [0, 0.1) is 17.8 Å². The quantitative estimate of drug-likeness (QED) is 0.288. The molecule has 3 N–H and O–H groups in total. The van der Waals surface area contributed by atoms with Crippen molar-refractivity contribution in [2.75, 3.05) is 20.3 Å². The number of aromatic nitrogens is 1. The molecule has 4 amide bonds. The first kappa shape index (κ1) is 43.2. The lowest BCUT2D eigenvalue weighted by molar-refractivity contribution is -0.244. The van der Waals surface area contributed by atoms with Gasteiger partial charge in [0.05, 0.1) is 19.9 Å². The van der Waals surface area contributed by atoms with E-state index in [4.69, 9.17) is 14.2 Å². The zero-order valence-electron chi connectivity index (χ0n) is 33.1. The normalized spacial score (nSPS) is 29.2. The fourth-order valence-electron chi connectivity index (χ4n) is 8.18. The molecule has 7 atom stereocenters. The van der Waals surface area contributed by atoms with E-state index in [0.717, 1.165) is 4.90 Å². The van der Waals surface area contributed by atoms with Gasteiger partial charge in [-0.2, -0.15) is 13.2 Å². The number of benzene rings is 1. The Balaban J connectivity index is 1.35. The maximum absolute atomic E-state index is 14.7. The van der Waals surface area contributed by atoms with Crippen molar-refractivity contribution in [2.45, 2.75) is 126 Å². The predicted molar refractivity (Wildman–Crippen MR) is 202 cm³/mol. The summed E-state index contributed by atoms with van der Waals surface area (Å²) >= 11 is 0. The van der Waals surface area contributed by atoms with Crippen LogP contribution in [0.2, 0.25) is 0 Å². The number of nitrogens with zero attached hydrogens (tertiary/aromatic N) is 2. The SMILES string of the molecule is COc1cnc(O[C@@H]2C[C@H]3C(=O)N[C@]4(C(=O)NS(=O)(=O)C5(CF)CC5)C[C@@H]4CCCC[C@@H](C)C[C@@H](C)[C@H](NC(=O)OC(C)(C)C(F)(F)F)C(=O)N3C2)c2ccccc12. The van der Waals surface area contributed by atoms with Crippen molar-refractivity contribution in [3.8, 4) is 11.6 Å². The van der Waals surface area contributed by atoms with Crippen molar-refractivity contribution >= 4 is 44.6 Å². The highest BCUT2D eigenvalue weighted by atomic mass is 32.2. The second-order valence-electron chi connectivity index (χ2n) is 16.9. The number of carbonyl (C=O) groups is 4. The topological polar surface area (TPSA) is 182 Å². The minimum atomic E-state index is -4.92. The summed E-state index contributed by atoms with van der Waals surface area (Å²) in [6.07, 6.45) is -3.03. The van der Waals surface area contributed by atoms with E-state index >= 15 is 0 Å². The van der Waals surface area contributed by atoms with Gasteiger partial charge in [-0.25, -0.2) is 22.6 Å². The molecule has 0 bridgehead atoms. The molecule has 1 aromatic carbocycles. The number of rotatable bonds is 9. The second kappa shape index (κ2) is 16.0. The molecule has 2 aromatic rings. The number of alkyl halides is 4. The molecule has 0 spiro atoms. The average molecular weight is 842 g/mol. The van der Waals surface area contributed by atoms with Gasteiger partial charge in [0, 0.05) is 17.2 Å². The number of hydrogen-bond acceptors (Lipinski definition) is 10. The van der Waals surface area contributed by atoms with Gasteiger partial charge in [-0.1, -0.05) is 51.3 Å². The smallest absolute Gasteiger partial charge is 0.427 e. The highest BCUT2D eigenvalue weighted by Gasteiger charge is 2.64. The Morgan fingerprint density at radius 1 is 1.05 bits per heavy atom. The standard InChI is InChI=1S/C39H51F4N5O9S/c1-22-10-6-7-11-24-18-38(24,34(51)47-58(53,54)37(21-40)14-15-37)46-31(49)28-17-25(56-32-27-13-9-8-12-26(27)29(55-5)19-44-32)20-48(28)33(50)30(23(2)16-22)45-35(52)57-36(3,4)39(41,42)43/h8-9,12-13,19,22-25,28,30H,6-7,10-11,14-18,20-21H2,1-5H3,(H,45,52)(H,46,49)(H,47,51)/t22-,23-,24+,25-,28+,30+,38-/m1/s1. The minimum absolute atomic E-state index is 0.0210. The van der Waals surface area contributed by atoms with E-state index in [-0.39, 0.29) is 44.0 Å². The number of hydrogen-bond donors (Lipinski definition) is 3. The summed E-state index contributed by atoms with van der Waals surface area (Å²) in [5.41, 5.74) is -4.58. The Hall–Kier alpha value is -4.42. The molecule has 2 saturated heterocycles. The number of halogens is 4. The predicted octanol–water partition coefficient (Wildman–Crippen LogP) is 5.09. The summed E-state index contributed by atoms with van der Waals surface area (Å²) in [4.78, 5) is 61.8. The summed E-state index contributed by atoms with van der Waals surface area (Å²) in [6.45, 7) is 3.57. The third kappa shape index (κ3) is 8.50. The van der Waals surface area contributed by atoms with E-state index < -0.39 is 92.6 Å². The Labute approximate surface area is 334 Å². The molecule has 3 heterocycles. The monoisotopic (exact) mass is 841 g/mol. The molecule has 58 heavy (non-hydrogen) atoms. The average Bonchev–Trinajstić information content (AvgIpc) is 4.06. The van der Waals surface area contributed by atoms with Crippen LogP contribution >= 0.6 is 0 Å². The van der Waals surface area contributed by atoms with Gasteiger partial charge in [-0.3, -0.25) is 19.1 Å². The van der Waals surface area contributed by atoms with Crippen molar-refractivity contribution in [1.29, 1.82) is 0 Å². The molecule has 2 saturated carbocycles. The van der Waals surface area contributed by atoms with Crippen LogP contribution < -0.4 is 24.8 Å². The third-order valence-electron chi connectivity index (χ3n) is 12.2. The van der Waals surface area contributed by atoms with Gasteiger partial charge in [0.2, 0.25) is 33.3 Å². The first-order chi connectivity index (χ1) is 27.2. The number of ether oxygens (including phenoxy) is 3.